The Morgan fingerprint density at radius 2 is 2.00 bits per heavy atom. The Morgan fingerprint density at radius 1 is 1.27 bits per heavy atom. The summed E-state index contributed by atoms with van der Waals surface area (Å²) in [6.07, 6.45) is 0.782. The van der Waals surface area contributed by atoms with Gasteiger partial charge in [0.1, 0.15) is 11.9 Å². The minimum absolute atomic E-state index is 0.292. The molecule has 5 heteroatoms. The Morgan fingerprint density at radius 3 is 2.64 bits per heavy atom. The number of nitrogens with zero attached hydrogens (tertiary/aromatic N) is 1. The molecule has 0 saturated carbocycles. The molecule has 0 bridgehead atoms. The smallest absolute Gasteiger partial charge is 0.260 e. The molecule has 1 aromatic heterocycles. The van der Waals surface area contributed by atoms with E-state index >= 15 is 0 Å². The zero-order valence-corrected chi connectivity index (χ0v) is 12.2. The normalized spacial score (nSPS) is 22.8. The Hall–Kier alpha value is -2.40. The molecule has 0 unspecified atom stereocenters. The molecule has 5 nitrogen and oxygen atoms in total. The third-order valence-electron chi connectivity index (χ3n) is 4.27. The second kappa shape index (κ2) is 5.42. The summed E-state index contributed by atoms with van der Waals surface area (Å²) in [4.78, 5) is 26.3. The van der Waals surface area contributed by atoms with Crippen LogP contribution in [0, 0.1) is 5.41 Å². The Labute approximate surface area is 128 Å². The Balaban J connectivity index is 1.84. The van der Waals surface area contributed by atoms with Gasteiger partial charge in [0.05, 0.1) is 11.7 Å². The maximum atomic E-state index is 12.7. The van der Waals surface area contributed by atoms with Crippen molar-refractivity contribution in [2.24, 2.45) is 5.41 Å². The number of rotatable bonds is 3. The molecule has 1 aromatic carbocycles. The van der Waals surface area contributed by atoms with E-state index in [1.165, 1.54) is 11.2 Å². The molecule has 1 N–H and O–H groups in total. The van der Waals surface area contributed by atoms with Crippen molar-refractivity contribution >= 4 is 11.8 Å². The van der Waals surface area contributed by atoms with Crippen LogP contribution in [0.15, 0.2) is 53.1 Å². The van der Waals surface area contributed by atoms with Gasteiger partial charge < -0.3 is 9.52 Å². The summed E-state index contributed by atoms with van der Waals surface area (Å²) in [5, 5.41) is 10.5. The molecule has 1 saturated heterocycles. The second-order valence-electron chi connectivity index (χ2n) is 5.71. The van der Waals surface area contributed by atoms with Crippen molar-refractivity contribution in [3.8, 4) is 0 Å². The average molecular weight is 299 g/mol. The molecule has 1 aliphatic rings. The minimum atomic E-state index is -1.07. The first-order valence-corrected chi connectivity index (χ1v) is 7.17. The predicted molar refractivity (Wildman–Crippen MR) is 78.9 cm³/mol. The van der Waals surface area contributed by atoms with Crippen LogP contribution in [0.4, 0.5) is 0 Å². The van der Waals surface area contributed by atoms with Crippen LogP contribution in [0.3, 0.4) is 0 Å². The van der Waals surface area contributed by atoms with Crippen LogP contribution >= 0.6 is 0 Å². The summed E-state index contributed by atoms with van der Waals surface area (Å²) in [6, 6.07) is 12.0. The summed E-state index contributed by atoms with van der Waals surface area (Å²) in [7, 11) is 0. The molecule has 0 aliphatic carbocycles. The lowest BCUT2D eigenvalue weighted by Crippen LogP contribution is -2.39. The second-order valence-corrected chi connectivity index (χ2v) is 5.71. The van der Waals surface area contributed by atoms with Gasteiger partial charge in [-0.2, -0.15) is 0 Å². The molecule has 3 rings (SSSR count). The number of carbonyl (C=O) groups is 2. The topological polar surface area (TPSA) is 70.8 Å². The van der Waals surface area contributed by atoms with Crippen LogP contribution in [-0.4, -0.2) is 28.4 Å². The molecule has 0 spiro atoms. The van der Waals surface area contributed by atoms with Crippen molar-refractivity contribution in [3.05, 3.63) is 60.1 Å². The zero-order valence-electron chi connectivity index (χ0n) is 12.2. The number of hydrogen-bond acceptors (Lipinski definition) is 4. The van der Waals surface area contributed by atoms with E-state index in [2.05, 4.69) is 0 Å². The highest BCUT2D eigenvalue weighted by Gasteiger charge is 2.51. The summed E-state index contributed by atoms with van der Waals surface area (Å²) in [5.41, 5.74) is -0.588. The van der Waals surface area contributed by atoms with E-state index in [1.807, 2.05) is 6.07 Å². The average Bonchev–Trinajstić information content (AvgIpc) is 3.17. The maximum Gasteiger partial charge on any atom is 0.260 e. The molecule has 2 aromatic rings. The first-order valence-electron chi connectivity index (χ1n) is 7.17. The molecule has 2 amide bonds. The van der Waals surface area contributed by atoms with Gasteiger partial charge >= 0.3 is 0 Å². The number of carbonyl (C=O) groups excluding carboxylic acids is 2. The Kier molecular flexibility index (Phi) is 3.58. The zero-order chi connectivity index (χ0) is 15.7. The fourth-order valence-electron chi connectivity index (χ4n) is 2.81. The number of benzene rings is 1. The highest BCUT2D eigenvalue weighted by atomic mass is 16.4. The lowest BCUT2D eigenvalue weighted by molar-refractivity contribution is -0.139. The Bertz CT molecular complexity index is 680. The predicted octanol–water partition coefficient (Wildman–Crippen LogP) is 2.39. The van der Waals surface area contributed by atoms with Crippen LogP contribution in [0.1, 0.15) is 35.6 Å². The number of amides is 2. The molecule has 114 valence electrons. The number of furan rings is 1. The third-order valence-corrected chi connectivity index (χ3v) is 4.27. The highest BCUT2D eigenvalue weighted by Crippen LogP contribution is 2.43. The molecule has 22 heavy (non-hydrogen) atoms. The van der Waals surface area contributed by atoms with Crippen LogP contribution < -0.4 is 0 Å². The molecular formula is C17H17NO4. The van der Waals surface area contributed by atoms with Gasteiger partial charge in [-0.05, 0) is 37.6 Å². The monoisotopic (exact) mass is 299 g/mol. The van der Waals surface area contributed by atoms with Gasteiger partial charge in [0.25, 0.3) is 5.91 Å². The van der Waals surface area contributed by atoms with E-state index in [0.717, 1.165) is 0 Å². The largest absolute Gasteiger partial charge is 0.467 e. The van der Waals surface area contributed by atoms with Crippen LogP contribution in [0.25, 0.3) is 0 Å². The van der Waals surface area contributed by atoms with Crippen molar-refractivity contribution in [3.63, 3.8) is 0 Å². The van der Waals surface area contributed by atoms with Gasteiger partial charge in [-0.25, -0.2) is 0 Å². The van der Waals surface area contributed by atoms with Gasteiger partial charge in [-0.3, -0.25) is 14.5 Å². The first-order chi connectivity index (χ1) is 10.5. The molecule has 1 aliphatic heterocycles. The fraction of sp³-hybridized carbons (Fsp3) is 0.294. The molecule has 1 fully saturated rings. The lowest BCUT2D eigenvalue weighted by Gasteiger charge is -2.26. The summed E-state index contributed by atoms with van der Waals surface area (Å²) < 4.78 is 5.20. The number of imide groups is 1. The third kappa shape index (κ3) is 2.23. The van der Waals surface area contributed by atoms with E-state index in [9.17, 15) is 14.7 Å². The number of hydrogen-bond donors (Lipinski definition) is 1. The summed E-state index contributed by atoms with van der Waals surface area (Å²) >= 11 is 0. The van der Waals surface area contributed by atoms with Crippen molar-refractivity contribution in [1.29, 1.82) is 0 Å². The number of aliphatic hydroxyl groups is 1. The van der Waals surface area contributed by atoms with Crippen LogP contribution in [0.5, 0.6) is 0 Å². The molecule has 0 radical (unpaired) electrons. The molecule has 2 heterocycles. The van der Waals surface area contributed by atoms with Crippen molar-refractivity contribution < 1.29 is 19.1 Å². The van der Waals surface area contributed by atoms with Gasteiger partial charge in [-0.1, -0.05) is 18.2 Å². The summed E-state index contributed by atoms with van der Waals surface area (Å²) in [5.74, 6) is -0.365. The van der Waals surface area contributed by atoms with E-state index in [1.54, 1.807) is 43.3 Å². The minimum Gasteiger partial charge on any atom is -0.467 e. The first kappa shape index (κ1) is 14.5. The van der Waals surface area contributed by atoms with E-state index in [4.69, 9.17) is 4.42 Å². The highest BCUT2D eigenvalue weighted by molar-refractivity contribution is 6.07. The maximum absolute atomic E-state index is 12.7. The number of aliphatic hydroxyl groups excluding tert-OH is 1. The van der Waals surface area contributed by atoms with Gasteiger partial charge in [0, 0.05) is 12.1 Å². The summed E-state index contributed by atoms with van der Waals surface area (Å²) in [6.45, 7) is 1.96. The van der Waals surface area contributed by atoms with Crippen molar-refractivity contribution in [2.45, 2.75) is 19.4 Å². The van der Waals surface area contributed by atoms with Gasteiger partial charge in [0.2, 0.25) is 5.91 Å². The van der Waals surface area contributed by atoms with Gasteiger partial charge in [-0.15, -0.1) is 0 Å². The standard InChI is InChI=1S/C17H17NO4/c1-17(14(19)13-8-5-11-22-13)9-10-18(16(17)21)15(20)12-6-3-2-4-7-12/h2-8,11,14,19H,9-10H2,1H3/t14-,17+/m1/s1. The SMILES string of the molecule is C[C@@]1([C@H](O)c2ccco2)CCN(C(=O)c2ccccc2)C1=O. The van der Waals surface area contributed by atoms with E-state index in [-0.39, 0.29) is 11.8 Å². The van der Waals surface area contributed by atoms with E-state index < -0.39 is 11.5 Å². The number of likely N-dealkylation sites (tertiary alicyclic amines) is 1. The fourth-order valence-corrected chi connectivity index (χ4v) is 2.81. The van der Waals surface area contributed by atoms with Crippen LogP contribution in [0.2, 0.25) is 0 Å². The van der Waals surface area contributed by atoms with Gasteiger partial charge in [0.15, 0.2) is 0 Å². The quantitative estimate of drug-likeness (QED) is 0.883. The van der Waals surface area contributed by atoms with E-state index in [0.29, 0.717) is 24.3 Å². The lowest BCUT2D eigenvalue weighted by atomic mass is 9.81. The molecule has 2 atom stereocenters. The van der Waals surface area contributed by atoms with Crippen molar-refractivity contribution in [2.75, 3.05) is 6.54 Å². The van der Waals surface area contributed by atoms with Crippen molar-refractivity contribution in [1.82, 2.24) is 4.90 Å². The molecular weight excluding hydrogens is 282 g/mol. The van der Waals surface area contributed by atoms with Crippen LogP contribution in [-0.2, 0) is 4.79 Å².